The fourth-order valence-electron chi connectivity index (χ4n) is 1.83. The molecule has 2 aromatic rings. The van der Waals surface area contributed by atoms with Gasteiger partial charge in [0.25, 0.3) is 0 Å². The summed E-state index contributed by atoms with van der Waals surface area (Å²) in [5.74, 6) is -3.91. The van der Waals surface area contributed by atoms with E-state index in [2.05, 4.69) is 4.98 Å². The number of carboxylic acid groups (broad SMARTS) is 1. The van der Waals surface area contributed by atoms with Crippen LogP contribution >= 0.6 is 0 Å². The summed E-state index contributed by atoms with van der Waals surface area (Å²) >= 11 is 0. The van der Waals surface area contributed by atoms with Crippen molar-refractivity contribution in [3.8, 4) is 0 Å². The monoisotopic (exact) mass is 321 g/mol. The van der Waals surface area contributed by atoms with Crippen LogP contribution in [0.3, 0.4) is 0 Å². The van der Waals surface area contributed by atoms with Gasteiger partial charge in [-0.15, -0.1) is 0 Å². The molecule has 22 heavy (non-hydrogen) atoms. The van der Waals surface area contributed by atoms with Crippen LogP contribution in [0.15, 0.2) is 52.5 Å². The van der Waals surface area contributed by atoms with Crippen LogP contribution in [-0.2, 0) is 19.4 Å². The summed E-state index contributed by atoms with van der Waals surface area (Å²) in [6.45, 7) is 0. The van der Waals surface area contributed by atoms with E-state index in [9.17, 15) is 22.8 Å². The van der Waals surface area contributed by atoms with Crippen LogP contribution in [-0.4, -0.2) is 36.0 Å². The molecule has 0 bridgehead atoms. The highest BCUT2D eigenvalue weighted by Gasteiger charge is 2.27. The first kappa shape index (κ1) is 15.6. The highest BCUT2D eigenvalue weighted by atomic mass is 32.2. The Kier molecular flexibility index (Phi) is 4.22. The standard InChI is InChI=1S/C14H11NO6S/c16-11(6-12(17)14(18)19)10-7-15-8-13(10)22(20,21)9-4-2-1-3-5-9/h1-5,7-8,15H,6H2,(H,18,19). The van der Waals surface area contributed by atoms with E-state index in [-0.39, 0.29) is 15.4 Å². The molecule has 1 aromatic carbocycles. The van der Waals surface area contributed by atoms with Crippen molar-refractivity contribution in [3.05, 3.63) is 48.3 Å². The molecule has 2 N–H and O–H groups in total. The van der Waals surface area contributed by atoms with Gasteiger partial charge in [0.2, 0.25) is 15.6 Å². The van der Waals surface area contributed by atoms with Crippen LogP contribution in [0.4, 0.5) is 0 Å². The number of hydrogen-bond donors (Lipinski definition) is 2. The Morgan fingerprint density at radius 3 is 2.27 bits per heavy atom. The Balaban J connectivity index is 2.40. The molecule has 0 aliphatic rings. The van der Waals surface area contributed by atoms with Crippen molar-refractivity contribution in [2.75, 3.05) is 0 Å². The topological polar surface area (TPSA) is 121 Å². The number of H-pyrrole nitrogens is 1. The highest BCUT2D eigenvalue weighted by molar-refractivity contribution is 7.91. The molecule has 0 radical (unpaired) electrons. The lowest BCUT2D eigenvalue weighted by atomic mass is 10.1. The molecule has 8 heteroatoms. The smallest absolute Gasteiger partial charge is 0.372 e. The second-order valence-electron chi connectivity index (χ2n) is 4.38. The maximum atomic E-state index is 12.5. The quantitative estimate of drug-likeness (QED) is 0.466. The average molecular weight is 321 g/mol. The lowest BCUT2D eigenvalue weighted by Gasteiger charge is -2.04. The maximum Gasteiger partial charge on any atom is 0.372 e. The Labute approximate surface area is 125 Å². The number of aliphatic carboxylic acids is 1. The number of nitrogens with one attached hydrogen (secondary N) is 1. The van der Waals surface area contributed by atoms with Gasteiger partial charge in [0, 0.05) is 12.4 Å². The Hall–Kier alpha value is -2.74. The molecular weight excluding hydrogens is 310 g/mol. The zero-order valence-electron chi connectivity index (χ0n) is 11.1. The van der Waals surface area contributed by atoms with Gasteiger partial charge in [-0.25, -0.2) is 13.2 Å². The Morgan fingerprint density at radius 1 is 1.05 bits per heavy atom. The number of carbonyl (C=O) groups excluding carboxylic acids is 2. The molecule has 2 rings (SSSR count). The van der Waals surface area contributed by atoms with E-state index < -0.39 is 33.8 Å². The van der Waals surface area contributed by atoms with Crippen LogP contribution in [0.1, 0.15) is 16.8 Å². The van der Waals surface area contributed by atoms with Crippen LogP contribution in [0.25, 0.3) is 0 Å². The number of aromatic nitrogens is 1. The van der Waals surface area contributed by atoms with E-state index in [1.807, 2.05) is 0 Å². The van der Waals surface area contributed by atoms with Gasteiger partial charge in [-0.1, -0.05) is 18.2 Å². The van der Waals surface area contributed by atoms with Gasteiger partial charge >= 0.3 is 5.97 Å². The van der Waals surface area contributed by atoms with Gasteiger partial charge < -0.3 is 10.1 Å². The second kappa shape index (κ2) is 5.94. The molecule has 0 atom stereocenters. The molecule has 0 saturated carbocycles. The fraction of sp³-hybridized carbons (Fsp3) is 0.0714. The number of aromatic amines is 1. The van der Waals surface area contributed by atoms with Crippen molar-refractivity contribution in [3.63, 3.8) is 0 Å². The zero-order valence-corrected chi connectivity index (χ0v) is 12.0. The number of sulfone groups is 1. The number of carbonyl (C=O) groups is 3. The van der Waals surface area contributed by atoms with Crippen molar-refractivity contribution in [1.29, 1.82) is 0 Å². The van der Waals surface area contributed by atoms with E-state index in [1.54, 1.807) is 6.07 Å². The summed E-state index contributed by atoms with van der Waals surface area (Å²) in [5, 5.41) is 8.51. The third-order valence-electron chi connectivity index (χ3n) is 2.91. The van der Waals surface area contributed by atoms with Crippen molar-refractivity contribution in [2.45, 2.75) is 16.2 Å². The first-order valence-electron chi connectivity index (χ1n) is 6.10. The molecule has 7 nitrogen and oxygen atoms in total. The van der Waals surface area contributed by atoms with Crippen molar-refractivity contribution >= 4 is 27.4 Å². The SMILES string of the molecule is O=C(O)C(=O)CC(=O)c1c[nH]cc1S(=O)(=O)c1ccccc1. The van der Waals surface area contributed by atoms with Crippen LogP contribution < -0.4 is 0 Å². The third kappa shape index (κ3) is 2.96. The summed E-state index contributed by atoms with van der Waals surface area (Å²) in [5.41, 5.74) is -0.238. The van der Waals surface area contributed by atoms with E-state index >= 15 is 0 Å². The van der Waals surface area contributed by atoms with Crippen molar-refractivity contribution < 1.29 is 27.9 Å². The summed E-state index contributed by atoms with van der Waals surface area (Å²) in [6, 6.07) is 7.47. The van der Waals surface area contributed by atoms with Crippen LogP contribution in [0, 0.1) is 0 Å². The number of hydrogen-bond acceptors (Lipinski definition) is 5. The lowest BCUT2D eigenvalue weighted by molar-refractivity contribution is -0.148. The maximum absolute atomic E-state index is 12.5. The summed E-state index contributed by atoms with van der Waals surface area (Å²) in [4.78, 5) is 35.7. The van der Waals surface area contributed by atoms with Gasteiger partial charge in [0.15, 0.2) is 5.78 Å². The van der Waals surface area contributed by atoms with E-state index in [0.29, 0.717) is 0 Å². The van der Waals surface area contributed by atoms with Crippen molar-refractivity contribution in [1.82, 2.24) is 4.98 Å². The molecule has 0 aliphatic carbocycles. The number of benzene rings is 1. The molecule has 0 fully saturated rings. The fourth-order valence-corrected chi connectivity index (χ4v) is 3.29. The van der Waals surface area contributed by atoms with Gasteiger partial charge in [0.05, 0.1) is 21.8 Å². The number of ketones is 2. The molecule has 0 saturated heterocycles. The normalized spacial score (nSPS) is 11.1. The number of Topliss-reactive ketones (excluding diaryl/α,β-unsaturated/α-hetero) is 2. The Morgan fingerprint density at radius 2 is 1.68 bits per heavy atom. The highest BCUT2D eigenvalue weighted by Crippen LogP contribution is 2.24. The summed E-state index contributed by atoms with van der Waals surface area (Å²) in [6.07, 6.45) is 1.36. The summed E-state index contributed by atoms with van der Waals surface area (Å²) < 4.78 is 24.9. The third-order valence-corrected chi connectivity index (χ3v) is 4.72. The van der Waals surface area contributed by atoms with Crippen LogP contribution in [0.5, 0.6) is 0 Å². The predicted octanol–water partition coefficient (Wildman–Crippen LogP) is 1.07. The first-order valence-corrected chi connectivity index (χ1v) is 7.58. The molecule has 1 heterocycles. The lowest BCUT2D eigenvalue weighted by Crippen LogP contribution is -2.18. The average Bonchev–Trinajstić information content (AvgIpc) is 2.98. The zero-order chi connectivity index (χ0) is 16.3. The van der Waals surface area contributed by atoms with E-state index in [1.165, 1.54) is 24.3 Å². The molecule has 0 amide bonds. The first-order chi connectivity index (χ1) is 10.3. The van der Waals surface area contributed by atoms with Gasteiger partial charge in [-0.2, -0.15) is 0 Å². The second-order valence-corrected chi connectivity index (χ2v) is 6.30. The number of carboxylic acids is 1. The minimum Gasteiger partial charge on any atom is -0.475 e. The molecule has 0 spiro atoms. The minimum absolute atomic E-state index is 0.00629. The molecule has 0 aliphatic heterocycles. The molecular formula is C14H11NO6S. The minimum atomic E-state index is -3.94. The molecule has 114 valence electrons. The van der Waals surface area contributed by atoms with Gasteiger partial charge in [0.1, 0.15) is 0 Å². The molecule has 0 unspecified atom stereocenters. The van der Waals surface area contributed by atoms with Crippen molar-refractivity contribution in [2.24, 2.45) is 0 Å². The largest absolute Gasteiger partial charge is 0.475 e. The van der Waals surface area contributed by atoms with Gasteiger partial charge in [-0.05, 0) is 12.1 Å². The number of rotatable bonds is 6. The van der Waals surface area contributed by atoms with Crippen LogP contribution in [0.2, 0.25) is 0 Å². The predicted molar refractivity (Wildman–Crippen MR) is 74.3 cm³/mol. The van der Waals surface area contributed by atoms with E-state index in [0.717, 1.165) is 12.4 Å². The summed E-state index contributed by atoms with van der Waals surface area (Å²) in [7, 11) is -3.94. The molecule has 1 aromatic heterocycles. The van der Waals surface area contributed by atoms with E-state index in [4.69, 9.17) is 5.11 Å². The van der Waals surface area contributed by atoms with Gasteiger partial charge in [-0.3, -0.25) is 9.59 Å². The Bertz CT molecular complexity index is 835.